The minimum absolute atomic E-state index is 0.00874. The Kier molecular flexibility index (Phi) is 5.72. The molecule has 0 spiro atoms. The number of carbonyl (C=O) groups is 1. The van der Waals surface area contributed by atoms with Gasteiger partial charge in [0.15, 0.2) is 0 Å². The molecule has 0 radical (unpaired) electrons. The molecule has 2 aromatic carbocycles. The molecule has 0 aliphatic carbocycles. The van der Waals surface area contributed by atoms with Crippen molar-refractivity contribution in [3.63, 3.8) is 0 Å². The zero-order valence-electron chi connectivity index (χ0n) is 16.5. The molecule has 0 bridgehead atoms. The normalized spacial score (nSPS) is 12.0. The van der Waals surface area contributed by atoms with Crippen LogP contribution in [-0.4, -0.2) is 32.3 Å². The standard InChI is InChI=1S/C21H22N4O4/c1-14(15-7-6-8-16(13-15)25(28)29)23(2)20(26)12-11-19-22-18-10-5-4-9-17(18)21(27)24(19)3/h4-10,13-14H,11-12H2,1-3H3/t14-/m0/s1. The first-order valence-electron chi connectivity index (χ1n) is 9.24. The lowest BCUT2D eigenvalue weighted by molar-refractivity contribution is -0.384. The molecule has 0 fully saturated rings. The number of fused-ring (bicyclic) bond motifs is 1. The highest BCUT2D eigenvalue weighted by Crippen LogP contribution is 2.23. The Balaban J connectivity index is 1.74. The molecule has 8 heteroatoms. The second-order valence-electron chi connectivity index (χ2n) is 6.94. The van der Waals surface area contributed by atoms with Crippen molar-refractivity contribution < 1.29 is 9.72 Å². The average Bonchev–Trinajstić information content (AvgIpc) is 2.74. The van der Waals surface area contributed by atoms with Crippen LogP contribution in [0.25, 0.3) is 10.9 Å². The molecule has 8 nitrogen and oxygen atoms in total. The highest BCUT2D eigenvalue weighted by molar-refractivity contribution is 5.78. The Morgan fingerprint density at radius 3 is 2.69 bits per heavy atom. The largest absolute Gasteiger partial charge is 0.339 e. The lowest BCUT2D eigenvalue weighted by Gasteiger charge is -2.25. The van der Waals surface area contributed by atoms with Crippen LogP contribution in [0.5, 0.6) is 0 Å². The van der Waals surface area contributed by atoms with Crippen molar-refractivity contribution in [2.75, 3.05) is 7.05 Å². The van der Waals surface area contributed by atoms with E-state index in [0.29, 0.717) is 28.7 Å². The minimum Gasteiger partial charge on any atom is -0.339 e. The first-order chi connectivity index (χ1) is 13.8. The molecule has 3 rings (SSSR count). The summed E-state index contributed by atoms with van der Waals surface area (Å²) in [4.78, 5) is 41.8. The molecule has 1 aromatic heterocycles. The molecular weight excluding hydrogens is 372 g/mol. The molecule has 0 aliphatic heterocycles. The monoisotopic (exact) mass is 394 g/mol. The zero-order valence-corrected chi connectivity index (χ0v) is 16.5. The van der Waals surface area contributed by atoms with Gasteiger partial charge in [0.1, 0.15) is 5.82 Å². The van der Waals surface area contributed by atoms with Gasteiger partial charge in [0.05, 0.1) is 21.9 Å². The van der Waals surface area contributed by atoms with Crippen molar-refractivity contribution in [1.29, 1.82) is 0 Å². The SMILES string of the molecule is C[C@@H](c1cccc([N+](=O)[O-])c1)N(C)C(=O)CCc1nc2ccccc2c(=O)n1C. The molecule has 1 atom stereocenters. The topological polar surface area (TPSA) is 98.3 Å². The number of amides is 1. The van der Waals surface area contributed by atoms with Crippen LogP contribution in [-0.2, 0) is 18.3 Å². The van der Waals surface area contributed by atoms with Crippen molar-refractivity contribution in [1.82, 2.24) is 14.5 Å². The van der Waals surface area contributed by atoms with E-state index in [0.717, 1.165) is 0 Å². The van der Waals surface area contributed by atoms with E-state index in [1.165, 1.54) is 16.7 Å². The van der Waals surface area contributed by atoms with Gasteiger partial charge in [-0.25, -0.2) is 4.98 Å². The maximum Gasteiger partial charge on any atom is 0.269 e. The van der Waals surface area contributed by atoms with E-state index in [1.54, 1.807) is 49.3 Å². The van der Waals surface area contributed by atoms with Crippen LogP contribution in [0.15, 0.2) is 53.3 Å². The van der Waals surface area contributed by atoms with Crippen LogP contribution >= 0.6 is 0 Å². The number of para-hydroxylation sites is 1. The summed E-state index contributed by atoms with van der Waals surface area (Å²) >= 11 is 0. The number of nitro benzene ring substituents is 1. The van der Waals surface area contributed by atoms with Gasteiger partial charge in [-0.2, -0.15) is 0 Å². The molecule has 3 aromatic rings. The van der Waals surface area contributed by atoms with Gasteiger partial charge in [0.25, 0.3) is 11.2 Å². The van der Waals surface area contributed by atoms with Gasteiger partial charge in [0, 0.05) is 39.1 Å². The first-order valence-corrected chi connectivity index (χ1v) is 9.24. The van der Waals surface area contributed by atoms with Crippen molar-refractivity contribution in [3.05, 3.63) is 80.4 Å². The lowest BCUT2D eigenvalue weighted by atomic mass is 10.1. The molecule has 29 heavy (non-hydrogen) atoms. The molecule has 0 unspecified atom stereocenters. The van der Waals surface area contributed by atoms with Gasteiger partial charge < -0.3 is 4.90 Å². The van der Waals surface area contributed by atoms with Crippen molar-refractivity contribution >= 4 is 22.5 Å². The highest BCUT2D eigenvalue weighted by atomic mass is 16.6. The number of carbonyl (C=O) groups excluding carboxylic acids is 1. The molecule has 150 valence electrons. The van der Waals surface area contributed by atoms with Crippen molar-refractivity contribution in [2.24, 2.45) is 7.05 Å². The van der Waals surface area contributed by atoms with Crippen LogP contribution in [0.3, 0.4) is 0 Å². The summed E-state index contributed by atoms with van der Waals surface area (Å²) in [5, 5.41) is 11.5. The van der Waals surface area contributed by atoms with Gasteiger partial charge >= 0.3 is 0 Å². The second kappa shape index (κ2) is 8.22. The average molecular weight is 394 g/mol. The van der Waals surface area contributed by atoms with Crippen molar-refractivity contribution in [2.45, 2.75) is 25.8 Å². The van der Waals surface area contributed by atoms with E-state index in [9.17, 15) is 19.7 Å². The lowest BCUT2D eigenvalue weighted by Crippen LogP contribution is -2.30. The Hall–Kier alpha value is -3.55. The number of hydrogen-bond donors (Lipinski definition) is 0. The van der Waals surface area contributed by atoms with Crippen LogP contribution in [0.1, 0.15) is 30.8 Å². The first kappa shape index (κ1) is 20.2. The molecule has 0 aliphatic rings. The number of nitrogens with zero attached hydrogens (tertiary/aromatic N) is 4. The van der Waals surface area contributed by atoms with Gasteiger partial charge in [-0.05, 0) is 24.6 Å². The third-order valence-electron chi connectivity index (χ3n) is 5.18. The van der Waals surface area contributed by atoms with Crippen LogP contribution in [0, 0.1) is 10.1 Å². The Labute approximate surface area is 167 Å². The predicted octanol–water partition coefficient (Wildman–Crippen LogP) is 2.99. The summed E-state index contributed by atoms with van der Waals surface area (Å²) in [6, 6.07) is 13.1. The van der Waals surface area contributed by atoms with E-state index in [-0.39, 0.29) is 29.6 Å². The highest BCUT2D eigenvalue weighted by Gasteiger charge is 2.20. The summed E-state index contributed by atoms with van der Waals surface area (Å²) in [6.07, 6.45) is 0.496. The third kappa shape index (κ3) is 4.16. The Bertz CT molecular complexity index is 1140. The van der Waals surface area contributed by atoms with Crippen LogP contribution < -0.4 is 5.56 Å². The smallest absolute Gasteiger partial charge is 0.269 e. The Morgan fingerprint density at radius 2 is 1.97 bits per heavy atom. The maximum atomic E-state index is 12.7. The fourth-order valence-electron chi connectivity index (χ4n) is 3.22. The fourth-order valence-corrected chi connectivity index (χ4v) is 3.22. The summed E-state index contributed by atoms with van der Waals surface area (Å²) in [7, 11) is 3.32. The van der Waals surface area contributed by atoms with Crippen molar-refractivity contribution in [3.8, 4) is 0 Å². The summed E-state index contributed by atoms with van der Waals surface area (Å²) in [5.74, 6) is 0.407. The van der Waals surface area contributed by atoms with E-state index in [1.807, 2.05) is 13.0 Å². The quantitative estimate of drug-likeness (QED) is 0.473. The van der Waals surface area contributed by atoms with Crippen LogP contribution in [0.4, 0.5) is 5.69 Å². The van der Waals surface area contributed by atoms with E-state index < -0.39 is 4.92 Å². The zero-order chi connectivity index (χ0) is 21.1. The summed E-state index contributed by atoms with van der Waals surface area (Å²) in [5.41, 5.74) is 1.14. The number of benzene rings is 2. The van der Waals surface area contributed by atoms with Gasteiger partial charge in [-0.15, -0.1) is 0 Å². The maximum absolute atomic E-state index is 12.7. The number of rotatable bonds is 6. The molecule has 0 saturated carbocycles. The third-order valence-corrected chi connectivity index (χ3v) is 5.18. The molecule has 0 saturated heterocycles. The molecule has 1 amide bonds. The number of aryl methyl sites for hydroxylation is 1. The summed E-state index contributed by atoms with van der Waals surface area (Å²) in [6.45, 7) is 1.82. The van der Waals surface area contributed by atoms with E-state index >= 15 is 0 Å². The Morgan fingerprint density at radius 1 is 1.24 bits per heavy atom. The van der Waals surface area contributed by atoms with Gasteiger partial charge in [0.2, 0.25) is 5.91 Å². The predicted molar refractivity (Wildman–Crippen MR) is 110 cm³/mol. The second-order valence-corrected chi connectivity index (χ2v) is 6.94. The fraction of sp³-hybridized carbons (Fsp3) is 0.286. The minimum atomic E-state index is -0.454. The van der Waals surface area contributed by atoms with Gasteiger partial charge in [-0.1, -0.05) is 24.3 Å². The number of aromatic nitrogens is 2. The number of nitro groups is 1. The molecular formula is C21H22N4O4. The van der Waals surface area contributed by atoms with Crippen LogP contribution in [0.2, 0.25) is 0 Å². The molecule has 1 heterocycles. The number of non-ortho nitro benzene ring substituents is 1. The summed E-state index contributed by atoms with van der Waals surface area (Å²) < 4.78 is 1.47. The molecule has 0 N–H and O–H groups in total. The van der Waals surface area contributed by atoms with Gasteiger partial charge in [-0.3, -0.25) is 24.3 Å². The van der Waals surface area contributed by atoms with E-state index in [2.05, 4.69) is 4.98 Å². The van der Waals surface area contributed by atoms with E-state index in [4.69, 9.17) is 0 Å². The number of hydrogen-bond acceptors (Lipinski definition) is 5.